The summed E-state index contributed by atoms with van der Waals surface area (Å²) in [4.78, 5) is 47.8. The molecule has 1 aromatic rings. The van der Waals surface area contributed by atoms with Crippen LogP contribution in [-0.4, -0.2) is 59.4 Å². The van der Waals surface area contributed by atoms with Crippen molar-refractivity contribution in [3.05, 3.63) is 39.3 Å². The van der Waals surface area contributed by atoms with Crippen LogP contribution in [0.5, 0.6) is 0 Å². The van der Waals surface area contributed by atoms with Crippen LogP contribution in [0.25, 0.3) is 6.08 Å². The van der Waals surface area contributed by atoms with Crippen molar-refractivity contribution >= 4 is 29.5 Å². The van der Waals surface area contributed by atoms with E-state index in [0.717, 1.165) is 5.01 Å². The number of hydrogen-bond acceptors (Lipinski definition) is 5. The summed E-state index contributed by atoms with van der Waals surface area (Å²) in [5.74, 6) is -1.40. The fraction of sp³-hybridized carbons (Fsp3) is 0.267. The minimum absolute atomic E-state index is 0.0202. The number of aryl methyl sites for hydroxylation is 1. The van der Waals surface area contributed by atoms with E-state index in [4.69, 9.17) is 0 Å². The van der Waals surface area contributed by atoms with E-state index in [0.29, 0.717) is 0 Å². The first-order valence-electron chi connectivity index (χ1n) is 7.30. The number of likely N-dealkylation sites (N-methyl/N-ethyl adjacent to an activating group) is 1. The lowest BCUT2D eigenvalue weighted by Crippen LogP contribution is -2.28. The van der Waals surface area contributed by atoms with Gasteiger partial charge in [-0.2, -0.15) is 5.10 Å². The molecule has 3 N–H and O–H groups in total. The number of rotatable bonds is 4. The van der Waals surface area contributed by atoms with Gasteiger partial charge in [-0.15, -0.1) is 0 Å². The maximum atomic E-state index is 12.1. The number of aromatic nitrogens is 2. The number of carbonyl (C=O) groups excluding carboxylic acids is 3. The molecular weight excluding hydrogens is 328 g/mol. The number of aromatic amines is 1. The van der Waals surface area contributed by atoms with E-state index < -0.39 is 23.3 Å². The van der Waals surface area contributed by atoms with Gasteiger partial charge in [0.2, 0.25) is 0 Å². The van der Waals surface area contributed by atoms with Gasteiger partial charge in [-0.25, -0.2) is 5.01 Å². The van der Waals surface area contributed by atoms with E-state index in [1.807, 2.05) is 0 Å². The molecule has 0 spiro atoms. The molecule has 0 unspecified atom stereocenters. The molecule has 1 aliphatic rings. The molecule has 10 nitrogen and oxygen atoms in total. The maximum Gasteiger partial charge on any atom is 0.276 e. The number of nitrogens with one attached hydrogen (secondary N) is 3. The Morgan fingerprint density at radius 3 is 2.36 bits per heavy atom. The highest BCUT2D eigenvalue weighted by Gasteiger charge is 2.31. The number of amides is 3. The van der Waals surface area contributed by atoms with Crippen molar-refractivity contribution in [3.63, 3.8) is 0 Å². The topological polar surface area (TPSA) is 129 Å². The van der Waals surface area contributed by atoms with Gasteiger partial charge in [0.05, 0.1) is 11.1 Å². The van der Waals surface area contributed by atoms with Crippen LogP contribution < -0.4 is 16.2 Å². The zero-order valence-electron chi connectivity index (χ0n) is 14.2. The molecular formula is C15H18N6O4. The Morgan fingerprint density at radius 2 is 1.76 bits per heavy atom. The lowest BCUT2D eigenvalue weighted by molar-refractivity contribution is -0.124. The minimum atomic E-state index is -0.499. The summed E-state index contributed by atoms with van der Waals surface area (Å²) < 4.78 is 1.17. The van der Waals surface area contributed by atoms with Crippen molar-refractivity contribution in [2.24, 2.45) is 12.1 Å². The number of hydrogen-bond donors (Lipinski definition) is 3. The molecule has 0 atom stereocenters. The van der Waals surface area contributed by atoms with Crippen molar-refractivity contribution in [2.75, 3.05) is 21.1 Å². The molecule has 25 heavy (non-hydrogen) atoms. The maximum absolute atomic E-state index is 12.1. The molecule has 1 aromatic heterocycles. The normalized spacial score (nSPS) is 15.8. The highest BCUT2D eigenvalue weighted by Crippen LogP contribution is 2.14. The fourth-order valence-corrected chi connectivity index (χ4v) is 2.22. The van der Waals surface area contributed by atoms with Gasteiger partial charge >= 0.3 is 0 Å². The number of nitrogens with zero attached hydrogens (tertiary/aromatic N) is 3. The van der Waals surface area contributed by atoms with E-state index in [1.54, 1.807) is 0 Å². The molecule has 0 fully saturated rings. The Morgan fingerprint density at radius 1 is 1.12 bits per heavy atom. The summed E-state index contributed by atoms with van der Waals surface area (Å²) in [5.41, 5.74) is -0.0981. The summed E-state index contributed by atoms with van der Waals surface area (Å²) in [6.07, 6.45) is 4.19. The quantitative estimate of drug-likeness (QED) is 0.578. The number of carbonyl (C=O) groups is 3. The molecule has 0 aliphatic carbocycles. The minimum Gasteiger partial charge on any atom is -0.354 e. The van der Waals surface area contributed by atoms with E-state index in [-0.39, 0.29) is 22.5 Å². The predicted molar refractivity (Wildman–Crippen MR) is 90.8 cm³/mol. The number of H-pyrrole nitrogens is 1. The lowest BCUT2D eigenvalue weighted by atomic mass is 10.1. The lowest BCUT2D eigenvalue weighted by Gasteiger charge is -2.00. The van der Waals surface area contributed by atoms with Crippen LogP contribution in [0.3, 0.4) is 0 Å². The van der Waals surface area contributed by atoms with Crippen LogP contribution >= 0.6 is 0 Å². The van der Waals surface area contributed by atoms with Gasteiger partial charge in [-0.3, -0.25) is 29.0 Å². The number of hydrazone groups is 1. The van der Waals surface area contributed by atoms with Gasteiger partial charge in [0.15, 0.2) is 5.71 Å². The molecule has 0 saturated heterocycles. The first-order valence-corrected chi connectivity index (χ1v) is 7.30. The smallest absolute Gasteiger partial charge is 0.276 e. The monoisotopic (exact) mass is 346 g/mol. The van der Waals surface area contributed by atoms with E-state index >= 15 is 0 Å². The summed E-state index contributed by atoms with van der Waals surface area (Å²) in [5, 5.41) is 12.4. The summed E-state index contributed by atoms with van der Waals surface area (Å²) in [6, 6.07) is 0. The molecule has 132 valence electrons. The Kier molecular flexibility index (Phi) is 5.01. The SMILES string of the molecule is CNC(=O)C1=NN(C)C(=O)C1=C/C=C/c1c(C(=O)NC)[nH]n(C)c1=O. The third-order valence-corrected chi connectivity index (χ3v) is 3.54. The zero-order valence-corrected chi connectivity index (χ0v) is 14.2. The third-order valence-electron chi connectivity index (χ3n) is 3.54. The second kappa shape index (κ2) is 6.99. The molecule has 0 saturated carbocycles. The Bertz CT molecular complexity index is 886. The van der Waals surface area contributed by atoms with E-state index in [1.165, 1.54) is 51.1 Å². The first-order chi connectivity index (χ1) is 11.8. The van der Waals surface area contributed by atoms with Gasteiger partial charge in [0.25, 0.3) is 23.3 Å². The van der Waals surface area contributed by atoms with Gasteiger partial charge < -0.3 is 10.6 Å². The highest BCUT2D eigenvalue weighted by molar-refractivity contribution is 6.52. The van der Waals surface area contributed by atoms with Crippen LogP contribution in [0.1, 0.15) is 16.1 Å². The molecule has 0 bridgehead atoms. The molecule has 0 radical (unpaired) electrons. The van der Waals surface area contributed by atoms with Crippen molar-refractivity contribution in [1.82, 2.24) is 25.4 Å². The summed E-state index contributed by atoms with van der Waals surface area (Å²) in [7, 11) is 5.79. The van der Waals surface area contributed by atoms with Crippen LogP contribution in [0.15, 0.2) is 27.6 Å². The highest BCUT2D eigenvalue weighted by atomic mass is 16.2. The fourth-order valence-electron chi connectivity index (χ4n) is 2.22. The number of allylic oxidation sites excluding steroid dienone is 2. The van der Waals surface area contributed by atoms with Gasteiger partial charge in [-0.05, 0) is 12.2 Å². The molecule has 2 heterocycles. The second-order valence-electron chi connectivity index (χ2n) is 5.14. The van der Waals surface area contributed by atoms with Crippen molar-refractivity contribution in [2.45, 2.75) is 0 Å². The summed E-state index contributed by atoms with van der Waals surface area (Å²) in [6.45, 7) is 0. The van der Waals surface area contributed by atoms with Crippen LogP contribution in [-0.2, 0) is 16.6 Å². The van der Waals surface area contributed by atoms with E-state index in [2.05, 4.69) is 20.8 Å². The third kappa shape index (κ3) is 3.27. The van der Waals surface area contributed by atoms with Crippen molar-refractivity contribution in [1.29, 1.82) is 0 Å². The van der Waals surface area contributed by atoms with Crippen LogP contribution in [0, 0.1) is 0 Å². The Hall–Kier alpha value is -3.43. The summed E-state index contributed by atoms with van der Waals surface area (Å²) >= 11 is 0. The Balaban J connectivity index is 2.40. The first kappa shape index (κ1) is 17.9. The molecule has 2 rings (SSSR count). The second-order valence-corrected chi connectivity index (χ2v) is 5.14. The average Bonchev–Trinajstić information content (AvgIpc) is 3.05. The van der Waals surface area contributed by atoms with E-state index in [9.17, 15) is 19.2 Å². The standard InChI is InChI=1S/C15H18N6O4/c1-16-12(22)10-8(14(24)20(3)18-10)6-5-7-9-11(13(23)17-2)19-21(4)15(9)25/h5-7,18H,1-4H3,(H,16,22)(H,17,23)/b6-5+,9-7?. The van der Waals surface area contributed by atoms with Crippen LogP contribution in [0.4, 0.5) is 0 Å². The zero-order chi connectivity index (χ0) is 18.7. The molecule has 10 heteroatoms. The van der Waals surface area contributed by atoms with Gasteiger partial charge in [0, 0.05) is 28.2 Å². The predicted octanol–water partition coefficient (Wildman–Crippen LogP) is -1.41. The molecule has 3 amide bonds. The van der Waals surface area contributed by atoms with Crippen LogP contribution in [0.2, 0.25) is 0 Å². The Labute approximate surface area is 142 Å². The van der Waals surface area contributed by atoms with Crippen molar-refractivity contribution < 1.29 is 14.4 Å². The average molecular weight is 346 g/mol. The molecule has 0 aromatic carbocycles. The van der Waals surface area contributed by atoms with Gasteiger partial charge in [0.1, 0.15) is 5.69 Å². The van der Waals surface area contributed by atoms with Crippen molar-refractivity contribution in [3.8, 4) is 0 Å². The largest absolute Gasteiger partial charge is 0.354 e. The van der Waals surface area contributed by atoms with Gasteiger partial charge in [-0.1, -0.05) is 6.08 Å². The molecule has 1 aliphatic heterocycles.